The Morgan fingerprint density at radius 2 is 2.00 bits per heavy atom. The van der Waals surface area contributed by atoms with Gasteiger partial charge in [-0.25, -0.2) is 13.5 Å². The lowest BCUT2D eigenvalue weighted by atomic mass is 10.2. The number of anilines is 1. The molecule has 0 spiro atoms. The highest BCUT2D eigenvalue weighted by Gasteiger charge is 2.05. The molecule has 1 heterocycles. The molecule has 0 aliphatic rings. The third-order valence-corrected chi connectivity index (χ3v) is 2.90. The molecular weight excluding hydrogens is 276 g/mol. The first-order chi connectivity index (χ1) is 9.95. The molecule has 0 aliphatic heterocycles. The zero-order valence-corrected chi connectivity index (χ0v) is 11.9. The number of aromatic nitrogens is 2. The first-order valence-corrected chi connectivity index (χ1v) is 6.70. The third-order valence-electron chi connectivity index (χ3n) is 2.90. The second-order valence-electron chi connectivity index (χ2n) is 5.26. The minimum Gasteiger partial charge on any atom is -0.383 e. The molecule has 0 bridgehead atoms. The van der Waals surface area contributed by atoms with Crippen LogP contribution in [0.25, 0.3) is 0 Å². The summed E-state index contributed by atoms with van der Waals surface area (Å²) in [6.07, 6.45) is 1.55. The number of rotatable bonds is 5. The summed E-state index contributed by atoms with van der Waals surface area (Å²) in [6, 6.07) is 4.97. The standard InChI is InChI=1S/C15H17F2N3O/c1-10(2)7-18-12-6-15(21)20(19-8-12)9-11-3-4-13(16)14(17)5-11/h3-6,8,10,18H,7,9H2,1-2H3. The molecule has 0 radical (unpaired) electrons. The van der Waals surface area contributed by atoms with Gasteiger partial charge in [0.05, 0.1) is 18.4 Å². The van der Waals surface area contributed by atoms with Gasteiger partial charge in [0.25, 0.3) is 5.56 Å². The Morgan fingerprint density at radius 3 is 2.62 bits per heavy atom. The Bertz CT molecular complexity index is 683. The molecular formula is C15H17F2N3O. The van der Waals surface area contributed by atoms with Crippen molar-refractivity contribution >= 4 is 5.69 Å². The summed E-state index contributed by atoms with van der Waals surface area (Å²) in [5.41, 5.74) is 0.829. The van der Waals surface area contributed by atoms with Crippen LogP contribution in [0, 0.1) is 17.6 Å². The first-order valence-electron chi connectivity index (χ1n) is 6.70. The SMILES string of the molecule is CC(C)CNc1cnn(Cc2ccc(F)c(F)c2)c(=O)c1. The molecule has 4 nitrogen and oxygen atoms in total. The number of benzene rings is 1. The van der Waals surface area contributed by atoms with Crippen LogP contribution in [-0.4, -0.2) is 16.3 Å². The van der Waals surface area contributed by atoms with Crippen molar-refractivity contribution in [2.24, 2.45) is 5.92 Å². The Labute approximate surface area is 121 Å². The zero-order chi connectivity index (χ0) is 15.4. The van der Waals surface area contributed by atoms with Gasteiger partial charge in [0.1, 0.15) is 0 Å². The third kappa shape index (κ3) is 4.11. The summed E-state index contributed by atoms with van der Waals surface area (Å²) in [7, 11) is 0. The van der Waals surface area contributed by atoms with Crippen LogP contribution in [-0.2, 0) is 6.54 Å². The van der Waals surface area contributed by atoms with E-state index >= 15 is 0 Å². The molecule has 1 N–H and O–H groups in total. The fourth-order valence-corrected chi connectivity index (χ4v) is 1.78. The van der Waals surface area contributed by atoms with Gasteiger partial charge in [0.2, 0.25) is 0 Å². The molecule has 0 saturated heterocycles. The Kier molecular flexibility index (Phi) is 4.67. The Hall–Kier alpha value is -2.24. The summed E-state index contributed by atoms with van der Waals surface area (Å²) in [6.45, 7) is 4.96. The summed E-state index contributed by atoms with van der Waals surface area (Å²) < 4.78 is 27.2. The van der Waals surface area contributed by atoms with Crippen LogP contribution < -0.4 is 10.9 Å². The maximum atomic E-state index is 13.1. The van der Waals surface area contributed by atoms with E-state index in [1.165, 1.54) is 16.8 Å². The summed E-state index contributed by atoms with van der Waals surface area (Å²) >= 11 is 0. The number of nitrogens with one attached hydrogen (secondary N) is 1. The lowest BCUT2D eigenvalue weighted by Gasteiger charge is -2.10. The van der Waals surface area contributed by atoms with Crippen LogP contribution in [0.4, 0.5) is 14.5 Å². The van der Waals surface area contributed by atoms with Crippen LogP contribution in [0.2, 0.25) is 0 Å². The molecule has 0 aliphatic carbocycles. The van der Waals surface area contributed by atoms with Crippen LogP contribution in [0.1, 0.15) is 19.4 Å². The van der Waals surface area contributed by atoms with Crippen molar-refractivity contribution in [3.8, 4) is 0 Å². The van der Waals surface area contributed by atoms with Crippen molar-refractivity contribution in [1.29, 1.82) is 0 Å². The number of nitrogens with zero attached hydrogens (tertiary/aromatic N) is 2. The highest BCUT2D eigenvalue weighted by molar-refractivity contribution is 5.38. The molecule has 0 atom stereocenters. The van der Waals surface area contributed by atoms with Crippen molar-refractivity contribution in [2.45, 2.75) is 20.4 Å². The summed E-state index contributed by atoms with van der Waals surface area (Å²) in [4.78, 5) is 11.9. The molecule has 6 heteroatoms. The Morgan fingerprint density at radius 1 is 1.24 bits per heavy atom. The van der Waals surface area contributed by atoms with Gasteiger partial charge in [0.15, 0.2) is 11.6 Å². The number of hydrogen-bond acceptors (Lipinski definition) is 3. The maximum absolute atomic E-state index is 13.1. The van der Waals surface area contributed by atoms with Gasteiger partial charge in [-0.05, 0) is 23.6 Å². The van der Waals surface area contributed by atoms with E-state index in [0.29, 0.717) is 17.2 Å². The van der Waals surface area contributed by atoms with Gasteiger partial charge in [-0.2, -0.15) is 5.10 Å². The highest BCUT2D eigenvalue weighted by atomic mass is 19.2. The van der Waals surface area contributed by atoms with Crippen LogP contribution in [0.3, 0.4) is 0 Å². The fourth-order valence-electron chi connectivity index (χ4n) is 1.78. The molecule has 1 aromatic carbocycles. The summed E-state index contributed by atoms with van der Waals surface area (Å²) in [5, 5.41) is 7.14. The van der Waals surface area contributed by atoms with E-state index in [9.17, 15) is 13.6 Å². The van der Waals surface area contributed by atoms with Gasteiger partial charge in [-0.1, -0.05) is 19.9 Å². The first kappa shape index (κ1) is 15.2. The largest absolute Gasteiger partial charge is 0.383 e. The molecule has 2 rings (SSSR count). The van der Waals surface area contributed by atoms with E-state index < -0.39 is 11.6 Å². The zero-order valence-electron chi connectivity index (χ0n) is 11.9. The lowest BCUT2D eigenvalue weighted by Crippen LogP contribution is -2.23. The summed E-state index contributed by atoms with van der Waals surface area (Å²) in [5.74, 6) is -1.39. The lowest BCUT2D eigenvalue weighted by molar-refractivity contribution is 0.505. The molecule has 21 heavy (non-hydrogen) atoms. The number of hydrogen-bond donors (Lipinski definition) is 1. The Balaban J connectivity index is 2.13. The van der Waals surface area contributed by atoms with Crippen molar-refractivity contribution in [1.82, 2.24) is 9.78 Å². The maximum Gasteiger partial charge on any atom is 0.269 e. The van der Waals surface area contributed by atoms with Gasteiger partial charge < -0.3 is 5.32 Å². The molecule has 0 amide bonds. The van der Waals surface area contributed by atoms with Crippen LogP contribution >= 0.6 is 0 Å². The average Bonchev–Trinajstić information content (AvgIpc) is 2.43. The van der Waals surface area contributed by atoms with Crippen molar-refractivity contribution < 1.29 is 8.78 Å². The quantitative estimate of drug-likeness (QED) is 0.922. The fraction of sp³-hybridized carbons (Fsp3) is 0.333. The van der Waals surface area contributed by atoms with E-state index in [4.69, 9.17) is 0 Å². The minimum atomic E-state index is -0.934. The monoisotopic (exact) mass is 293 g/mol. The van der Waals surface area contributed by atoms with E-state index in [-0.39, 0.29) is 12.1 Å². The molecule has 0 saturated carbocycles. The normalized spacial score (nSPS) is 10.9. The predicted octanol–water partition coefficient (Wildman–Crippen LogP) is 2.64. The molecule has 2 aromatic rings. The second kappa shape index (κ2) is 6.47. The van der Waals surface area contributed by atoms with Crippen molar-refractivity contribution in [3.63, 3.8) is 0 Å². The smallest absolute Gasteiger partial charge is 0.269 e. The van der Waals surface area contributed by atoms with Crippen LogP contribution in [0.5, 0.6) is 0 Å². The average molecular weight is 293 g/mol. The van der Waals surface area contributed by atoms with Crippen molar-refractivity contribution in [2.75, 3.05) is 11.9 Å². The van der Waals surface area contributed by atoms with Gasteiger partial charge >= 0.3 is 0 Å². The molecule has 1 aromatic heterocycles. The molecule has 0 unspecified atom stereocenters. The second-order valence-corrected chi connectivity index (χ2v) is 5.26. The van der Waals surface area contributed by atoms with Crippen LogP contribution in [0.15, 0.2) is 35.3 Å². The van der Waals surface area contributed by atoms with Crippen molar-refractivity contribution in [3.05, 3.63) is 58.0 Å². The highest BCUT2D eigenvalue weighted by Crippen LogP contribution is 2.09. The topological polar surface area (TPSA) is 46.9 Å². The van der Waals surface area contributed by atoms with E-state index in [1.807, 2.05) is 0 Å². The van der Waals surface area contributed by atoms with Gasteiger partial charge in [0, 0.05) is 12.6 Å². The predicted molar refractivity (Wildman–Crippen MR) is 77.3 cm³/mol. The van der Waals surface area contributed by atoms with E-state index in [2.05, 4.69) is 24.3 Å². The number of halogens is 2. The van der Waals surface area contributed by atoms with Gasteiger partial charge in [-0.3, -0.25) is 4.79 Å². The van der Waals surface area contributed by atoms with E-state index in [0.717, 1.165) is 18.7 Å². The minimum absolute atomic E-state index is 0.0977. The molecule has 112 valence electrons. The van der Waals surface area contributed by atoms with Gasteiger partial charge in [-0.15, -0.1) is 0 Å². The van der Waals surface area contributed by atoms with E-state index in [1.54, 1.807) is 6.20 Å². The molecule has 0 fully saturated rings.